The van der Waals surface area contributed by atoms with Crippen LogP contribution in [0.4, 0.5) is 4.39 Å². The minimum atomic E-state index is -0.321. The lowest BCUT2D eigenvalue weighted by Crippen LogP contribution is -2.47. The van der Waals surface area contributed by atoms with Crippen LogP contribution in [0, 0.1) is 5.82 Å². The number of para-hydroxylation sites is 1. The van der Waals surface area contributed by atoms with Gasteiger partial charge in [-0.1, -0.05) is 24.3 Å². The molecule has 0 saturated carbocycles. The van der Waals surface area contributed by atoms with Crippen LogP contribution < -0.4 is 14.2 Å². The van der Waals surface area contributed by atoms with Crippen LogP contribution in [0.15, 0.2) is 42.5 Å². The number of ether oxygens (including phenoxy) is 3. The van der Waals surface area contributed by atoms with E-state index in [-0.39, 0.29) is 11.6 Å². The van der Waals surface area contributed by atoms with Crippen LogP contribution >= 0.6 is 0 Å². The monoisotopic (exact) mass is 388 g/mol. The van der Waals surface area contributed by atoms with E-state index >= 15 is 0 Å². The summed E-state index contributed by atoms with van der Waals surface area (Å²) in [6.45, 7) is 6.44. The van der Waals surface area contributed by atoms with Crippen LogP contribution in [0.25, 0.3) is 0 Å². The SMILES string of the molecule is COc1ccc(CCN2CCN(CCOc3ccccc3)CC2)c(F)c1OC. The molecular weight excluding hydrogens is 359 g/mol. The largest absolute Gasteiger partial charge is 0.493 e. The number of hydrogen-bond acceptors (Lipinski definition) is 5. The second-order valence-corrected chi connectivity index (χ2v) is 6.87. The van der Waals surface area contributed by atoms with Gasteiger partial charge in [-0.3, -0.25) is 4.90 Å². The minimum absolute atomic E-state index is 0.184. The van der Waals surface area contributed by atoms with E-state index in [1.165, 1.54) is 14.2 Å². The maximum atomic E-state index is 14.6. The van der Waals surface area contributed by atoms with Gasteiger partial charge in [0, 0.05) is 39.3 Å². The summed E-state index contributed by atoms with van der Waals surface area (Å²) in [7, 11) is 2.98. The Labute approximate surface area is 166 Å². The first-order valence-corrected chi connectivity index (χ1v) is 9.73. The predicted octanol–water partition coefficient (Wildman–Crippen LogP) is 3.08. The molecule has 0 amide bonds. The van der Waals surface area contributed by atoms with Crippen LogP contribution in [0.3, 0.4) is 0 Å². The first kappa shape index (κ1) is 20.4. The molecule has 0 aliphatic carbocycles. The molecule has 0 unspecified atom stereocenters. The molecule has 6 heteroatoms. The molecule has 28 heavy (non-hydrogen) atoms. The van der Waals surface area contributed by atoms with Gasteiger partial charge in [-0.25, -0.2) is 4.39 Å². The lowest BCUT2D eigenvalue weighted by molar-refractivity contribution is 0.117. The lowest BCUT2D eigenvalue weighted by Gasteiger charge is -2.34. The molecule has 1 aliphatic heterocycles. The Morgan fingerprint density at radius 1 is 0.857 bits per heavy atom. The average Bonchev–Trinajstić information content (AvgIpc) is 2.74. The lowest BCUT2D eigenvalue weighted by atomic mass is 10.1. The van der Waals surface area contributed by atoms with E-state index < -0.39 is 0 Å². The molecule has 1 fully saturated rings. The molecule has 2 aromatic carbocycles. The van der Waals surface area contributed by atoms with Gasteiger partial charge < -0.3 is 19.1 Å². The van der Waals surface area contributed by atoms with Crippen molar-refractivity contribution in [1.29, 1.82) is 0 Å². The Morgan fingerprint density at radius 3 is 2.18 bits per heavy atom. The number of halogens is 1. The zero-order valence-electron chi connectivity index (χ0n) is 16.7. The molecule has 152 valence electrons. The summed E-state index contributed by atoms with van der Waals surface area (Å²) in [4.78, 5) is 4.79. The van der Waals surface area contributed by atoms with Gasteiger partial charge in [0.05, 0.1) is 14.2 Å². The highest BCUT2D eigenvalue weighted by atomic mass is 19.1. The summed E-state index contributed by atoms with van der Waals surface area (Å²) in [6.07, 6.45) is 0.656. The van der Waals surface area contributed by atoms with Crippen LogP contribution in [-0.2, 0) is 6.42 Å². The van der Waals surface area contributed by atoms with Crippen LogP contribution in [0.1, 0.15) is 5.56 Å². The van der Waals surface area contributed by atoms with Crippen molar-refractivity contribution in [3.05, 3.63) is 53.8 Å². The summed E-state index contributed by atoms with van der Waals surface area (Å²) in [6, 6.07) is 13.5. The molecule has 0 radical (unpaired) electrons. The fraction of sp³-hybridized carbons (Fsp3) is 0.455. The Morgan fingerprint density at radius 2 is 1.54 bits per heavy atom. The van der Waals surface area contributed by atoms with Crippen molar-refractivity contribution in [2.75, 3.05) is 60.1 Å². The van der Waals surface area contributed by atoms with Crippen LogP contribution in [0.2, 0.25) is 0 Å². The van der Waals surface area contributed by atoms with E-state index in [9.17, 15) is 4.39 Å². The Hall–Kier alpha value is -2.31. The van der Waals surface area contributed by atoms with Gasteiger partial charge >= 0.3 is 0 Å². The van der Waals surface area contributed by atoms with E-state index in [0.29, 0.717) is 24.3 Å². The number of nitrogens with zero attached hydrogens (tertiary/aromatic N) is 2. The van der Waals surface area contributed by atoms with Gasteiger partial charge in [-0.2, -0.15) is 0 Å². The fourth-order valence-electron chi connectivity index (χ4n) is 3.45. The molecule has 1 heterocycles. The topological polar surface area (TPSA) is 34.2 Å². The van der Waals surface area contributed by atoms with Crippen LogP contribution in [-0.4, -0.2) is 69.9 Å². The summed E-state index contributed by atoms with van der Waals surface area (Å²) in [5.41, 5.74) is 0.663. The predicted molar refractivity (Wildman–Crippen MR) is 108 cm³/mol. The van der Waals surface area contributed by atoms with E-state index in [1.54, 1.807) is 12.1 Å². The van der Waals surface area contributed by atoms with Gasteiger partial charge in [0.25, 0.3) is 0 Å². The van der Waals surface area contributed by atoms with Gasteiger partial charge in [-0.05, 0) is 30.2 Å². The third kappa shape index (κ3) is 5.36. The van der Waals surface area contributed by atoms with E-state index in [2.05, 4.69) is 9.80 Å². The minimum Gasteiger partial charge on any atom is -0.493 e. The number of hydrogen-bond donors (Lipinski definition) is 0. The maximum absolute atomic E-state index is 14.6. The molecule has 3 rings (SSSR count). The molecule has 0 atom stereocenters. The molecule has 0 spiro atoms. The molecule has 0 bridgehead atoms. The third-order valence-electron chi connectivity index (χ3n) is 5.15. The van der Waals surface area contributed by atoms with Crippen molar-refractivity contribution in [3.63, 3.8) is 0 Å². The second-order valence-electron chi connectivity index (χ2n) is 6.87. The summed E-state index contributed by atoms with van der Waals surface area (Å²) in [5.74, 6) is 1.20. The van der Waals surface area contributed by atoms with Gasteiger partial charge in [0.2, 0.25) is 0 Å². The molecule has 0 N–H and O–H groups in total. The second kappa shape index (κ2) is 10.3. The van der Waals surface area contributed by atoms with Gasteiger partial charge in [-0.15, -0.1) is 0 Å². The van der Waals surface area contributed by atoms with E-state index in [1.807, 2.05) is 30.3 Å². The van der Waals surface area contributed by atoms with Gasteiger partial charge in [0.15, 0.2) is 17.3 Å². The van der Waals surface area contributed by atoms with E-state index in [4.69, 9.17) is 14.2 Å². The first-order valence-electron chi connectivity index (χ1n) is 9.73. The highest BCUT2D eigenvalue weighted by Gasteiger charge is 2.19. The van der Waals surface area contributed by atoms with Crippen molar-refractivity contribution in [1.82, 2.24) is 9.80 Å². The molecule has 1 saturated heterocycles. The summed E-state index contributed by atoms with van der Waals surface area (Å²) < 4.78 is 30.6. The standard InChI is InChI=1S/C22H29FN2O3/c1-26-20-9-8-18(21(23)22(20)27-2)10-11-24-12-14-25(15-13-24)16-17-28-19-6-4-3-5-7-19/h3-9H,10-17H2,1-2H3. The van der Waals surface area contributed by atoms with E-state index in [0.717, 1.165) is 45.0 Å². The number of benzene rings is 2. The smallest absolute Gasteiger partial charge is 0.197 e. The van der Waals surface area contributed by atoms with Crippen molar-refractivity contribution in [3.8, 4) is 17.2 Å². The van der Waals surface area contributed by atoms with Crippen molar-refractivity contribution >= 4 is 0 Å². The normalized spacial score (nSPS) is 15.4. The number of piperazine rings is 1. The summed E-state index contributed by atoms with van der Waals surface area (Å²) >= 11 is 0. The summed E-state index contributed by atoms with van der Waals surface area (Å²) in [5, 5.41) is 0. The molecule has 5 nitrogen and oxygen atoms in total. The first-order chi connectivity index (χ1) is 13.7. The molecular formula is C22H29FN2O3. The molecule has 1 aliphatic rings. The zero-order chi connectivity index (χ0) is 19.8. The van der Waals surface area contributed by atoms with Crippen molar-refractivity contribution < 1.29 is 18.6 Å². The van der Waals surface area contributed by atoms with Crippen molar-refractivity contribution in [2.24, 2.45) is 0 Å². The fourth-order valence-corrected chi connectivity index (χ4v) is 3.45. The van der Waals surface area contributed by atoms with Crippen LogP contribution in [0.5, 0.6) is 17.2 Å². The third-order valence-corrected chi connectivity index (χ3v) is 5.15. The molecule has 0 aromatic heterocycles. The Balaban J connectivity index is 1.40. The highest BCUT2D eigenvalue weighted by molar-refractivity contribution is 5.44. The zero-order valence-corrected chi connectivity index (χ0v) is 16.7. The Bertz CT molecular complexity index is 734. The average molecular weight is 388 g/mol. The highest BCUT2D eigenvalue weighted by Crippen LogP contribution is 2.32. The van der Waals surface area contributed by atoms with Crippen molar-refractivity contribution in [2.45, 2.75) is 6.42 Å². The number of methoxy groups -OCH3 is 2. The quantitative estimate of drug-likeness (QED) is 0.660. The van der Waals surface area contributed by atoms with Gasteiger partial charge in [0.1, 0.15) is 12.4 Å². The number of rotatable bonds is 9. The molecule has 2 aromatic rings. The Kier molecular flexibility index (Phi) is 7.51. The maximum Gasteiger partial charge on any atom is 0.197 e.